The normalized spacial score (nSPS) is 13.1. The molecule has 1 aliphatic rings. The second kappa shape index (κ2) is 9.97. The lowest BCUT2D eigenvalue weighted by Crippen LogP contribution is -2.35. The van der Waals surface area contributed by atoms with Gasteiger partial charge in [0.15, 0.2) is 0 Å². The van der Waals surface area contributed by atoms with Crippen LogP contribution in [-0.2, 0) is 27.7 Å². The molecular formula is C25H23ClN2O6S. The summed E-state index contributed by atoms with van der Waals surface area (Å²) in [4.78, 5) is 23.6. The molecule has 0 saturated heterocycles. The quantitative estimate of drug-likeness (QED) is 0.484. The van der Waals surface area contributed by atoms with Gasteiger partial charge in [0.25, 0.3) is 15.9 Å². The molecule has 1 aliphatic heterocycles. The lowest BCUT2D eigenvalue weighted by atomic mass is 10.0. The van der Waals surface area contributed by atoms with E-state index in [1.807, 2.05) is 0 Å². The van der Waals surface area contributed by atoms with Crippen molar-refractivity contribution in [1.82, 2.24) is 0 Å². The van der Waals surface area contributed by atoms with Crippen molar-refractivity contribution in [2.45, 2.75) is 24.2 Å². The first-order valence-corrected chi connectivity index (χ1v) is 12.6. The molecule has 35 heavy (non-hydrogen) atoms. The van der Waals surface area contributed by atoms with Gasteiger partial charge in [-0.05, 0) is 66.4 Å². The number of nitrogens with one attached hydrogen (secondary N) is 1. The number of carbonyl (C=O) groups is 2. The molecule has 4 rings (SSSR count). The molecule has 3 aromatic carbocycles. The van der Waals surface area contributed by atoms with Gasteiger partial charge in [0.2, 0.25) is 0 Å². The number of nitrogens with zero attached hydrogens (tertiary/aromatic N) is 1. The van der Waals surface area contributed by atoms with Crippen molar-refractivity contribution >= 4 is 44.9 Å². The zero-order valence-electron chi connectivity index (χ0n) is 18.8. The summed E-state index contributed by atoms with van der Waals surface area (Å²) >= 11 is 6.08. The number of carboxylic acids is 1. The van der Waals surface area contributed by atoms with Crippen LogP contribution < -0.4 is 14.4 Å². The number of sulfonamides is 1. The van der Waals surface area contributed by atoms with E-state index in [4.69, 9.17) is 21.4 Å². The fourth-order valence-corrected chi connectivity index (χ4v) is 5.95. The Morgan fingerprint density at radius 3 is 2.51 bits per heavy atom. The monoisotopic (exact) mass is 514 g/mol. The van der Waals surface area contributed by atoms with Gasteiger partial charge in [-0.15, -0.1) is 0 Å². The zero-order chi connectivity index (χ0) is 25.2. The number of benzene rings is 3. The lowest BCUT2D eigenvalue weighted by Gasteiger charge is -2.31. The summed E-state index contributed by atoms with van der Waals surface area (Å²) < 4.78 is 33.8. The number of aryl methyl sites for hydroxylation is 1. The van der Waals surface area contributed by atoms with Crippen LogP contribution >= 0.6 is 11.6 Å². The van der Waals surface area contributed by atoms with Crippen LogP contribution in [0.3, 0.4) is 0 Å². The number of carboxylic acid groups (broad SMARTS) is 1. The van der Waals surface area contributed by atoms with Crippen molar-refractivity contribution in [2.24, 2.45) is 0 Å². The maximum atomic E-state index is 13.6. The average molecular weight is 515 g/mol. The van der Waals surface area contributed by atoms with Gasteiger partial charge in [-0.2, -0.15) is 0 Å². The average Bonchev–Trinajstić information content (AvgIpc) is 2.83. The third-order valence-corrected chi connectivity index (χ3v) is 7.75. The number of halogens is 1. The van der Waals surface area contributed by atoms with E-state index in [1.54, 1.807) is 48.5 Å². The van der Waals surface area contributed by atoms with Crippen molar-refractivity contribution in [2.75, 3.05) is 23.3 Å². The highest BCUT2D eigenvalue weighted by Crippen LogP contribution is 2.37. The molecule has 1 heterocycles. The van der Waals surface area contributed by atoms with Crippen molar-refractivity contribution in [3.63, 3.8) is 0 Å². The number of amides is 1. The Labute approximate surface area is 208 Å². The number of hydrogen-bond acceptors (Lipinski definition) is 5. The Bertz CT molecular complexity index is 1390. The first-order chi connectivity index (χ1) is 16.7. The van der Waals surface area contributed by atoms with Crippen molar-refractivity contribution in [1.29, 1.82) is 0 Å². The van der Waals surface area contributed by atoms with E-state index in [1.165, 1.54) is 23.5 Å². The number of fused-ring (bicyclic) bond motifs is 1. The molecule has 0 radical (unpaired) electrons. The van der Waals surface area contributed by atoms with Gasteiger partial charge in [0, 0.05) is 22.8 Å². The van der Waals surface area contributed by atoms with E-state index < -0.39 is 21.9 Å². The topological polar surface area (TPSA) is 113 Å². The number of hydrogen-bond donors (Lipinski definition) is 2. The first-order valence-electron chi connectivity index (χ1n) is 10.8. The van der Waals surface area contributed by atoms with E-state index in [0.29, 0.717) is 35.3 Å². The number of ether oxygens (including phenoxy) is 1. The van der Waals surface area contributed by atoms with E-state index in [-0.39, 0.29) is 28.6 Å². The minimum Gasteiger partial charge on any atom is -0.495 e. The molecule has 2 N–H and O–H groups in total. The minimum absolute atomic E-state index is 0.0313. The molecule has 0 fully saturated rings. The summed E-state index contributed by atoms with van der Waals surface area (Å²) in [6.07, 6.45) is 1.21. The number of methoxy groups -OCH3 is 1. The summed E-state index contributed by atoms with van der Waals surface area (Å²) in [6, 6.07) is 15.9. The van der Waals surface area contributed by atoms with Gasteiger partial charge in [-0.3, -0.25) is 13.9 Å². The van der Waals surface area contributed by atoms with Gasteiger partial charge in [0.1, 0.15) is 10.6 Å². The van der Waals surface area contributed by atoms with Crippen molar-refractivity contribution in [3.05, 3.63) is 82.4 Å². The van der Waals surface area contributed by atoms with Crippen LogP contribution in [0.25, 0.3) is 0 Å². The van der Waals surface area contributed by atoms with E-state index in [0.717, 1.165) is 5.56 Å². The maximum Gasteiger partial charge on any atom is 0.307 e. The van der Waals surface area contributed by atoms with Crippen LogP contribution in [0.15, 0.2) is 65.6 Å². The molecule has 0 aromatic heterocycles. The Kier molecular flexibility index (Phi) is 7.00. The second-order valence-electron chi connectivity index (χ2n) is 8.04. The smallest absolute Gasteiger partial charge is 0.307 e. The molecule has 1 amide bonds. The number of aliphatic carboxylic acids is 1. The molecule has 0 saturated carbocycles. The van der Waals surface area contributed by atoms with Gasteiger partial charge in [-0.1, -0.05) is 29.8 Å². The predicted molar refractivity (Wildman–Crippen MR) is 133 cm³/mol. The molecule has 182 valence electrons. The Morgan fingerprint density at radius 2 is 1.83 bits per heavy atom. The van der Waals surface area contributed by atoms with Crippen LogP contribution in [0.1, 0.15) is 27.9 Å². The Hall–Kier alpha value is -3.56. The fraction of sp³-hybridized carbons (Fsp3) is 0.200. The molecular weight excluding hydrogens is 492 g/mol. The summed E-state index contributed by atoms with van der Waals surface area (Å²) in [5, 5.41) is 12.0. The standard InChI is InChI=1S/C25H23ClN2O6S/c1-34-22-11-9-19(26)14-23(22)35(32,33)28-12-2-3-17-8-10-20(15-21(17)28)27-25(31)18-6-4-16(5-7-18)13-24(29)30/h4-11,14-15H,2-3,12-13H2,1H3,(H,27,31)(H,29,30). The highest BCUT2D eigenvalue weighted by Gasteiger charge is 2.32. The highest BCUT2D eigenvalue weighted by atomic mass is 35.5. The highest BCUT2D eigenvalue weighted by molar-refractivity contribution is 7.93. The maximum absolute atomic E-state index is 13.6. The SMILES string of the molecule is COc1ccc(Cl)cc1S(=O)(=O)N1CCCc2ccc(NC(=O)c3ccc(CC(=O)O)cc3)cc21. The van der Waals surface area contributed by atoms with E-state index in [9.17, 15) is 18.0 Å². The Balaban J connectivity index is 1.63. The molecule has 0 spiro atoms. The zero-order valence-corrected chi connectivity index (χ0v) is 20.4. The summed E-state index contributed by atoms with van der Waals surface area (Å²) in [6.45, 7) is 0.271. The van der Waals surface area contributed by atoms with Crippen LogP contribution in [0, 0.1) is 0 Å². The van der Waals surface area contributed by atoms with Crippen LogP contribution in [-0.4, -0.2) is 39.1 Å². The third-order valence-electron chi connectivity index (χ3n) is 5.68. The number of anilines is 2. The largest absolute Gasteiger partial charge is 0.495 e. The number of carbonyl (C=O) groups excluding carboxylic acids is 1. The van der Waals surface area contributed by atoms with Crippen molar-refractivity contribution < 1.29 is 27.9 Å². The summed E-state index contributed by atoms with van der Waals surface area (Å²) in [5.74, 6) is -1.16. The molecule has 3 aromatic rings. The fourth-order valence-electron chi connectivity index (χ4n) is 3.99. The molecule has 0 aliphatic carbocycles. The molecule has 10 heteroatoms. The lowest BCUT2D eigenvalue weighted by molar-refractivity contribution is -0.136. The predicted octanol–water partition coefficient (Wildman–Crippen LogP) is 4.37. The summed E-state index contributed by atoms with van der Waals surface area (Å²) in [7, 11) is -2.59. The van der Waals surface area contributed by atoms with E-state index >= 15 is 0 Å². The minimum atomic E-state index is -3.99. The Morgan fingerprint density at radius 1 is 1.09 bits per heavy atom. The van der Waals surface area contributed by atoms with Crippen LogP contribution in [0.4, 0.5) is 11.4 Å². The van der Waals surface area contributed by atoms with Gasteiger partial charge in [0.05, 0.1) is 19.2 Å². The van der Waals surface area contributed by atoms with Gasteiger partial charge in [-0.25, -0.2) is 8.42 Å². The van der Waals surface area contributed by atoms with E-state index in [2.05, 4.69) is 5.32 Å². The number of rotatable bonds is 7. The van der Waals surface area contributed by atoms with Crippen molar-refractivity contribution in [3.8, 4) is 5.75 Å². The second-order valence-corrected chi connectivity index (χ2v) is 10.3. The molecule has 0 bridgehead atoms. The summed E-state index contributed by atoms with van der Waals surface area (Å²) in [5.41, 5.74) is 2.69. The van der Waals surface area contributed by atoms with Crippen LogP contribution in [0.2, 0.25) is 5.02 Å². The third kappa shape index (κ3) is 5.26. The molecule has 8 nitrogen and oxygen atoms in total. The van der Waals surface area contributed by atoms with Crippen LogP contribution in [0.5, 0.6) is 5.75 Å². The molecule has 0 atom stereocenters. The van der Waals surface area contributed by atoms with Gasteiger partial charge >= 0.3 is 5.97 Å². The molecule has 0 unspecified atom stereocenters. The first kappa shape index (κ1) is 24.6. The van der Waals surface area contributed by atoms with Gasteiger partial charge < -0.3 is 15.2 Å².